The van der Waals surface area contributed by atoms with Gasteiger partial charge in [0.15, 0.2) is 11.6 Å². The number of aromatic nitrogens is 5. The van der Waals surface area contributed by atoms with E-state index in [1.165, 1.54) is 64.6 Å². The number of hydrogen-bond donors (Lipinski definition) is 0. The molecule has 5 nitrogen and oxygen atoms in total. The minimum atomic E-state index is 0.551. The average molecular weight is 940 g/mol. The van der Waals surface area contributed by atoms with E-state index in [1.807, 2.05) is 18.2 Å². The summed E-state index contributed by atoms with van der Waals surface area (Å²) in [6, 6.07) is 90.0. The lowest BCUT2D eigenvalue weighted by Crippen LogP contribution is -2.07. The first kappa shape index (κ1) is 40.7. The van der Waals surface area contributed by atoms with Crippen LogP contribution in [0.1, 0.15) is 0 Å². The Kier molecular flexibility index (Phi) is 8.68. The summed E-state index contributed by atoms with van der Waals surface area (Å²) >= 11 is 0. The van der Waals surface area contributed by atoms with Gasteiger partial charge in [0, 0.05) is 38.2 Å². The summed E-state index contributed by atoms with van der Waals surface area (Å²) in [7, 11) is 0. The quantitative estimate of drug-likeness (QED) is 0.162. The van der Waals surface area contributed by atoms with Crippen LogP contribution in [-0.2, 0) is 0 Å². The summed E-state index contributed by atoms with van der Waals surface area (Å²) in [6.07, 6.45) is 0. The molecule has 0 N–H and O–H groups in total. The van der Waals surface area contributed by atoms with Crippen molar-refractivity contribution in [3.05, 3.63) is 249 Å². The first-order valence-electron chi connectivity index (χ1n) is 25.3. The van der Waals surface area contributed by atoms with Gasteiger partial charge in [0.1, 0.15) is 0 Å². The molecule has 0 aliphatic heterocycles. The predicted octanol–water partition coefficient (Wildman–Crippen LogP) is 18.0. The smallest absolute Gasteiger partial charge is 0.238 e. The molecule has 0 fully saturated rings. The maximum absolute atomic E-state index is 5.56. The highest BCUT2D eigenvalue weighted by molar-refractivity contribution is 6.28. The number of nitrogens with zero attached hydrogens (tertiary/aromatic N) is 5. The monoisotopic (exact) mass is 939 g/mol. The molecule has 13 aromatic carbocycles. The first-order valence-corrected chi connectivity index (χ1v) is 25.3. The fourth-order valence-electron chi connectivity index (χ4n) is 12.3. The highest BCUT2D eigenvalue weighted by atomic mass is 15.2. The van der Waals surface area contributed by atoms with Crippen LogP contribution < -0.4 is 0 Å². The van der Waals surface area contributed by atoms with Crippen LogP contribution in [0.2, 0.25) is 0 Å². The normalized spacial score (nSPS) is 12.1. The molecule has 0 bridgehead atoms. The number of para-hydroxylation sites is 3. The molecule has 0 unspecified atom stereocenters. The second-order valence-corrected chi connectivity index (χ2v) is 19.4. The number of hydrogen-bond acceptors (Lipinski definition) is 3. The lowest BCUT2D eigenvalue weighted by molar-refractivity contribution is 0.953. The van der Waals surface area contributed by atoms with Crippen molar-refractivity contribution in [2.45, 2.75) is 0 Å². The minimum Gasteiger partial charge on any atom is -0.307 e. The van der Waals surface area contributed by atoms with E-state index < -0.39 is 0 Å². The van der Waals surface area contributed by atoms with E-state index in [9.17, 15) is 0 Å². The summed E-state index contributed by atoms with van der Waals surface area (Å²) in [5.74, 6) is 1.76. The van der Waals surface area contributed by atoms with Gasteiger partial charge in [-0.05, 0) is 101 Å². The molecule has 16 aromatic rings. The van der Waals surface area contributed by atoms with E-state index in [1.54, 1.807) is 0 Å². The van der Waals surface area contributed by atoms with Crippen molar-refractivity contribution in [1.29, 1.82) is 0 Å². The number of rotatable bonds is 5. The van der Waals surface area contributed by atoms with E-state index in [4.69, 9.17) is 15.0 Å². The van der Waals surface area contributed by atoms with Crippen LogP contribution in [0.3, 0.4) is 0 Å². The zero-order valence-corrected chi connectivity index (χ0v) is 39.9. The molecule has 0 amide bonds. The third kappa shape index (κ3) is 5.89. The molecule has 342 valence electrons. The van der Waals surface area contributed by atoms with Crippen molar-refractivity contribution in [3.63, 3.8) is 0 Å². The molecular weight excluding hydrogens is 899 g/mol. The molecule has 16 rings (SSSR count). The van der Waals surface area contributed by atoms with Gasteiger partial charge in [-0.25, -0.2) is 4.98 Å². The van der Waals surface area contributed by atoms with Crippen molar-refractivity contribution in [1.82, 2.24) is 24.1 Å². The standard InChI is InChI=1S/C69H41N5/c1-2-18-42(19-3-1)67-70-68(44-35-37-55-51-26-7-5-22-47(51)49-24-9-11-28-53(49)61(55)41-44)72-69(71-67)74-64-33-17-14-30-57(64)59-39-38-58-56-29-13-16-32-63(56)73(65(58)66(59)74)62-31-15-12-20-45(62)43-34-36-54-50-25-6-4-21-46(50)48-23-8-10-27-52(48)60(54)40-43/h1-41H. The van der Waals surface area contributed by atoms with Crippen LogP contribution >= 0.6 is 0 Å². The van der Waals surface area contributed by atoms with Crippen LogP contribution in [-0.4, -0.2) is 24.1 Å². The highest BCUT2D eigenvalue weighted by Gasteiger charge is 2.25. The molecule has 74 heavy (non-hydrogen) atoms. The molecule has 0 aliphatic rings. The lowest BCUT2D eigenvalue weighted by atomic mass is 9.92. The summed E-state index contributed by atoms with van der Waals surface area (Å²) in [4.78, 5) is 16.3. The van der Waals surface area contributed by atoms with Crippen molar-refractivity contribution < 1.29 is 0 Å². The van der Waals surface area contributed by atoms with Crippen molar-refractivity contribution in [3.8, 4) is 45.5 Å². The van der Waals surface area contributed by atoms with Crippen molar-refractivity contribution in [2.75, 3.05) is 0 Å². The Bertz CT molecular complexity index is 4960. The van der Waals surface area contributed by atoms with E-state index in [2.05, 4.69) is 240 Å². The Morgan fingerprint density at radius 1 is 0.230 bits per heavy atom. The lowest BCUT2D eigenvalue weighted by Gasteiger charge is -2.17. The molecule has 0 atom stereocenters. The Labute approximate surface area is 424 Å². The Hall–Kier alpha value is -9.97. The minimum absolute atomic E-state index is 0.551. The number of benzene rings is 13. The Morgan fingerprint density at radius 2 is 0.595 bits per heavy atom. The average Bonchev–Trinajstić information content (AvgIpc) is 4.01. The topological polar surface area (TPSA) is 48.5 Å². The van der Waals surface area contributed by atoms with Crippen LogP contribution in [0.4, 0.5) is 0 Å². The summed E-state index contributed by atoms with van der Waals surface area (Å²) in [5.41, 5.74) is 9.45. The van der Waals surface area contributed by atoms with Crippen LogP contribution in [0, 0.1) is 0 Å². The zero-order chi connectivity index (χ0) is 48.4. The van der Waals surface area contributed by atoms with Gasteiger partial charge < -0.3 is 4.57 Å². The fraction of sp³-hybridized carbons (Fsp3) is 0. The maximum Gasteiger partial charge on any atom is 0.238 e. The van der Waals surface area contributed by atoms with Crippen LogP contribution in [0.5, 0.6) is 0 Å². The second kappa shape index (κ2) is 15.8. The van der Waals surface area contributed by atoms with Gasteiger partial charge >= 0.3 is 0 Å². The van der Waals surface area contributed by atoms with E-state index in [0.29, 0.717) is 17.6 Å². The van der Waals surface area contributed by atoms with Crippen LogP contribution in [0.15, 0.2) is 249 Å². The summed E-state index contributed by atoms with van der Waals surface area (Å²) < 4.78 is 4.78. The van der Waals surface area contributed by atoms with Gasteiger partial charge in [-0.3, -0.25) is 4.57 Å². The molecule has 0 spiro atoms. The Morgan fingerprint density at radius 3 is 1.14 bits per heavy atom. The SMILES string of the molecule is c1ccc(-c2nc(-c3ccc4c5ccccc5c5ccccc5c4c3)nc(-n3c4ccccc4c4ccc5c6ccccc6n(-c6ccccc6-c6ccc7c8ccccc8c8ccccc8c7c6)c5c43)n2)cc1. The Balaban J connectivity index is 0.989. The third-order valence-electron chi connectivity index (χ3n) is 15.5. The van der Waals surface area contributed by atoms with Gasteiger partial charge in [-0.15, -0.1) is 0 Å². The fourth-order valence-corrected chi connectivity index (χ4v) is 12.3. The molecule has 0 saturated heterocycles. The third-order valence-corrected chi connectivity index (χ3v) is 15.5. The highest BCUT2D eigenvalue weighted by Crippen LogP contribution is 2.45. The van der Waals surface area contributed by atoms with Crippen molar-refractivity contribution in [2.24, 2.45) is 0 Å². The zero-order valence-electron chi connectivity index (χ0n) is 39.9. The van der Waals surface area contributed by atoms with Crippen LogP contribution in [0.25, 0.3) is 154 Å². The van der Waals surface area contributed by atoms with E-state index in [0.717, 1.165) is 71.6 Å². The molecule has 0 radical (unpaired) electrons. The second-order valence-electron chi connectivity index (χ2n) is 19.4. The van der Waals surface area contributed by atoms with Gasteiger partial charge in [0.05, 0.1) is 27.8 Å². The van der Waals surface area contributed by atoms with Gasteiger partial charge in [0.2, 0.25) is 5.95 Å². The maximum atomic E-state index is 5.56. The molecule has 3 aromatic heterocycles. The van der Waals surface area contributed by atoms with E-state index in [-0.39, 0.29) is 0 Å². The first-order chi connectivity index (χ1) is 36.7. The van der Waals surface area contributed by atoms with Gasteiger partial charge in [-0.1, -0.05) is 218 Å². The molecule has 5 heteroatoms. The molecule has 0 saturated carbocycles. The molecular formula is C69H41N5. The van der Waals surface area contributed by atoms with Crippen molar-refractivity contribution >= 4 is 108 Å². The van der Waals surface area contributed by atoms with E-state index >= 15 is 0 Å². The summed E-state index contributed by atoms with van der Waals surface area (Å²) in [6.45, 7) is 0. The predicted molar refractivity (Wildman–Crippen MR) is 310 cm³/mol. The van der Waals surface area contributed by atoms with Gasteiger partial charge in [0.25, 0.3) is 0 Å². The van der Waals surface area contributed by atoms with Gasteiger partial charge in [-0.2, -0.15) is 9.97 Å². The molecule has 0 aliphatic carbocycles. The number of fused-ring (bicyclic) bond motifs is 19. The largest absolute Gasteiger partial charge is 0.307 e. The summed E-state index contributed by atoms with van der Waals surface area (Å²) in [5, 5.41) is 19.3. The molecule has 3 heterocycles.